The average Bonchev–Trinajstić information content (AvgIpc) is 2.95. The number of thiophene rings is 1. The van der Waals surface area contributed by atoms with Crippen LogP contribution in [0, 0.1) is 5.41 Å². The lowest BCUT2D eigenvalue weighted by molar-refractivity contribution is 0.0906. The largest absolute Gasteiger partial charge is 0.329 e. The van der Waals surface area contributed by atoms with E-state index in [1.165, 1.54) is 17.7 Å². The van der Waals surface area contributed by atoms with Crippen LogP contribution in [0.25, 0.3) is 0 Å². The van der Waals surface area contributed by atoms with Crippen molar-refractivity contribution in [2.75, 3.05) is 6.54 Å². The highest BCUT2D eigenvalue weighted by atomic mass is 32.1. The summed E-state index contributed by atoms with van der Waals surface area (Å²) in [6, 6.07) is 5.62. The quantitative estimate of drug-likeness (QED) is 0.872. The van der Waals surface area contributed by atoms with Crippen LogP contribution in [-0.4, -0.2) is 23.5 Å². The molecule has 1 aliphatic carbocycles. The fourth-order valence-electron chi connectivity index (χ4n) is 2.47. The second-order valence-electron chi connectivity index (χ2n) is 6.10. The van der Waals surface area contributed by atoms with E-state index in [1.807, 2.05) is 11.3 Å². The molecule has 1 heterocycles. The average molecular weight is 252 g/mol. The Balaban J connectivity index is 2.10. The van der Waals surface area contributed by atoms with Crippen LogP contribution >= 0.6 is 11.3 Å². The first-order chi connectivity index (χ1) is 8.02. The van der Waals surface area contributed by atoms with E-state index in [9.17, 15) is 0 Å². The van der Waals surface area contributed by atoms with Gasteiger partial charge in [-0.2, -0.15) is 0 Å². The number of hydrogen-bond donors (Lipinski definition) is 1. The lowest BCUT2D eigenvalue weighted by Crippen LogP contribution is -2.49. The van der Waals surface area contributed by atoms with E-state index in [1.54, 1.807) is 0 Å². The molecular formula is C14H24N2S. The number of nitrogens with zero attached hydrogens (tertiary/aromatic N) is 1. The Kier molecular flexibility index (Phi) is 3.91. The van der Waals surface area contributed by atoms with Crippen LogP contribution in [0.15, 0.2) is 17.5 Å². The predicted molar refractivity (Wildman–Crippen MR) is 75.2 cm³/mol. The summed E-state index contributed by atoms with van der Waals surface area (Å²) in [5, 5.41) is 2.16. The Morgan fingerprint density at radius 2 is 2.18 bits per heavy atom. The van der Waals surface area contributed by atoms with E-state index in [2.05, 4.69) is 43.2 Å². The van der Waals surface area contributed by atoms with Crippen molar-refractivity contribution in [3.63, 3.8) is 0 Å². The number of rotatable bonds is 5. The second-order valence-corrected chi connectivity index (χ2v) is 7.13. The Morgan fingerprint density at radius 3 is 2.59 bits per heavy atom. The first-order valence-corrected chi connectivity index (χ1v) is 7.38. The molecule has 1 unspecified atom stereocenters. The van der Waals surface area contributed by atoms with E-state index in [4.69, 9.17) is 5.73 Å². The number of nitrogens with two attached hydrogens (primary N) is 1. The minimum absolute atomic E-state index is 0.259. The zero-order chi connectivity index (χ0) is 12.5. The summed E-state index contributed by atoms with van der Waals surface area (Å²) in [5.74, 6) is 0. The van der Waals surface area contributed by atoms with E-state index < -0.39 is 0 Å². The maximum absolute atomic E-state index is 6.02. The minimum Gasteiger partial charge on any atom is -0.329 e. The number of hydrogen-bond acceptors (Lipinski definition) is 3. The summed E-state index contributed by atoms with van der Waals surface area (Å²) in [4.78, 5) is 4.09. The molecule has 2 nitrogen and oxygen atoms in total. The van der Waals surface area contributed by atoms with Gasteiger partial charge < -0.3 is 5.73 Å². The zero-order valence-corrected chi connectivity index (χ0v) is 12.0. The molecule has 0 bridgehead atoms. The van der Waals surface area contributed by atoms with Crippen LogP contribution < -0.4 is 5.73 Å². The molecule has 1 fully saturated rings. The fourth-order valence-corrected chi connectivity index (χ4v) is 3.18. The Bertz CT molecular complexity index is 336. The smallest absolute Gasteiger partial charge is 0.0334 e. The second kappa shape index (κ2) is 5.09. The summed E-state index contributed by atoms with van der Waals surface area (Å²) in [7, 11) is 0. The van der Waals surface area contributed by atoms with Crippen molar-refractivity contribution in [1.82, 2.24) is 4.90 Å². The molecule has 0 amide bonds. The van der Waals surface area contributed by atoms with E-state index in [0.717, 1.165) is 19.1 Å². The lowest BCUT2D eigenvalue weighted by Gasteiger charge is -2.39. The summed E-state index contributed by atoms with van der Waals surface area (Å²) < 4.78 is 0. The fraction of sp³-hybridized carbons (Fsp3) is 0.714. The molecule has 1 aromatic rings. The predicted octanol–water partition coefficient (Wildman–Crippen LogP) is 3.09. The summed E-state index contributed by atoms with van der Waals surface area (Å²) in [6.45, 7) is 8.73. The van der Waals surface area contributed by atoms with Gasteiger partial charge in [0.25, 0.3) is 0 Å². The highest BCUT2D eigenvalue weighted by Crippen LogP contribution is 2.36. The van der Waals surface area contributed by atoms with Gasteiger partial charge in [0.1, 0.15) is 0 Å². The first-order valence-electron chi connectivity index (χ1n) is 6.50. The molecule has 2 N–H and O–H groups in total. The molecule has 0 aliphatic heterocycles. The van der Waals surface area contributed by atoms with Gasteiger partial charge in [0.15, 0.2) is 0 Å². The summed E-state index contributed by atoms with van der Waals surface area (Å²) in [5.41, 5.74) is 6.27. The molecular weight excluding hydrogens is 228 g/mol. The molecule has 3 heteroatoms. The molecule has 1 saturated carbocycles. The first kappa shape index (κ1) is 13.1. The third-order valence-corrected chi connectivity index (χ3v) is 4.42. The monoisotopic (exact) mass is 252 g/mol. The molecule has 1 atom stereocenters. The van der Waals surface area contributed by atoms with Crippen LogP contribution in [0.4, 0.5) is 0 Å². The normalized spacial score (nSPS) is 18.6. The van der Waals surface area contributed by atoms with Gasteiger partial charge in [0.05, 0.1) is 0 Å². The minimum atomic E-state index is 0.259. The SMILES string of the molecule is CC(C)(C)C(CN)N(Cc1cccs1)C1CC1. The molecule has 2 rings (SSSR count). The highest BCUT2D eigenvalue weighted by Gasteiger charge is 2.38. The van der Waals surface area contributed by atoms with Crippen molar-refractivity contribution in [3.05, 3.63) is 22.4 Å². The van der Waals surface area contributed by atoms with Crippen LogP contribution in [-0.2, 0) is 6.54 Å². The molecule has 0 spiro atoms. The topological polar surface area (TPSA) is 29.3 Å². The van der Waals surface area contributed by atoms with Gasteiger partial charge in [-0.3, -0.25) is 4.90 Å². The molecule has 0 radical (unpaired) electrons. The third-order valence-electron chi connectivity index (χ3n) is 3.56. The standard InChI is InChI=1S/C14H24N2S/c1-14(2,3)13(9-15)16(11-6-7-11)10-12-5-4-8-17-12/h4-5,8,11,13H,6-7,9-10,15H2,1-3H3. The molecule has 0 saturated heterocycles. The van der Waals surface area contributed by atoms with Gasteiger partial charge in [0, 0.05) is 30.1 Å². The molecule has 1 aromatic heterocycles. The Morgan fingerprint density at radius 1 is 1.47 bits per heavy atom. The van der Waals surface area contributed by atoms with Gasteiger partial charge in [0.2, 0.25) is 0 Å². The van der Waals surface area contributed by atoms with E-state index in [-0.39, 0.29) is 5.41 Å². The molecule has 96 valence electrons. The lowest BCUT2D eigenvalue weighted by atomic mass is 9.85. The molecule has 17 heavy (non-hydrogen) atoms. The Hall–Kier alpha value is -0.380. The van der Waals surface area contributed by atoms with Gasteiger partial charge >= 0.3 is 0 Å². The van der Waals surface area contributed by atoms with Crippen LogP contribution in [0.3, 0.4) is 0 Å². The highest BCUT2D eigenvalue weighted by molar-refractivity contribution is 7.09. The third kappa shape index (κ3) is 3.30. The van der Waals surface area contributed by atoms with Crippen molar-refractivity contribution >= 4 is 11.3 Å². The van der Waals surface area contributed by atoms with E-state index >= 15 is 0 Å². The van der Waals surface area contributed by atoms with Crippen molar-refractivity contribution in [3.8, 4) is 0 Å². The van der Waals surface area contributed by atoms with Gasteiger partial charge in [-0.25, -0.2) is 0 Å². The van der Waals surface area contributed by atoms with E-state index in [0.29, 0.717) is 6.04 Å². The van der Waals surface area contributed by atoms with Gasteiger partial charge in [-0.05, 0) is 29.7 Å². The summed E-state index contributed by atoms with van der Waals surface area (Å²) in [6.07, 6.45) is 2.69. The van der Waals surface area contributed by atoms with Gasteiger partial charge in [-0.1, -0.05) is 26.8 Å². The van der Waals surface area contributed by atoms with Crippen molar-refractivity contribution in [2.45, 2.75) is 52.2 Å². The zero-order valence-electron chi connectivity index (χ0n) is 11.1. The summed E-state index contributed by atoms with van der Waals surface area (Å²) >= 11 is 1.85. The molecule has 1 aliphatic rings. The maximum atomic E-state index is 6.02. The van der Waals surface area contributed by atoms with Crippen LogP contribution in [0.2, 0.25) is 0 Å². The molecule has 0 aromatic carbocycles. The van der Waals surface area contributed by atoms with Gasteiger partial charge in [-0.15, -0.1) is 11.3 Å². The maximum Gasteiger partial charge on any atom is 0.0334 e. The van der Waals surface area contributed by atoms with Crippen LogP contribution in [0.5, 0.6) is 0 Å². The van der Waals surface area contributed by atoms with Crippen molar-refractivity contribution in [2.24, 2.45) is 11.1 Å². The Labute approximate surface area is 109 Å². The van der Waals surface area contributed by atoms with Crippen LogP contribution in [0.1, 0.15) is 38.5 Å². The van der Waals surface area contributed by atoms with Crippen molar-refractivity contribution in [1.29, 1.82) is 0 Å². The van der Waals surface area contributed by atoms with Crippen molar-refractivity contribution < 1.29 is 0 Å².